The lowest BCUT2D eigenvalue weighted by Gasteiger charge is -2.44. The van der Waals surface area contributed by atoms with Crippen LogP contribution in [0.1, 0.15) is 25.7 Å². The Balaban J connectivity index is 2.02. The molecule has 1 aliphatic heterocycles. The van der Waals surface area contributed by atoms with E-state index in [1.807, 2.05) is 0 Å². The molecule has 56 valence electrons. The predicted octanol–water partition coefficient (Wildman–Crippen LogP) is 0.719. The maximum Gasteiger partial charge on any atom is 0.147 e. The fourth-order valence-corrected chi connectivity index (χ4v) is 2.04. The van der Waals surface area contributed by atoms with E-state index >= 15 is 0 Å². The number of ketones is 1. The van der Waals surface area contributed by atoms with Gasteiger partial charge in [-0.1, -0.05) is 6.42 Å². The SMILES string of the molecule is O=C1CNCC2(CCC2)C1. The third kappa shape index (κ3) is 0.870. The zero-order chi connectivity index (χ0) is 7.03. The molecule has 1 heterocycles. The lowest BCUT2D eigenvalue weighted by atomic mass is 9.64. The van der Waals surface area contributed by atoms with E-state index in [-0.39, 0.29) is 0 Å². The molecule has 2 nitrogen and oxygen atoms in total. The van der Waals surface area contributed by atoms with Gasteiger partial charge in [-0.3, -0.25) is 4.79 Å². The molecule has 0 radical (unpaired) electrons. The first-order valence-corrected chi connectivity index (χ1v) is 4.03. The highest BCUT2D eigenvalue weighted by Crippen LogP contribution is 2.44. The Morgan fingerprint density at radius 2 is 2.20 bits per heavy atom. The van der Waals surface area contributed by atoms with Crippen LogP contribution < -0.4 is 5.32 Å². The summed E-state index contributed by atoms with van der Waals surface area (Å²) in [4.78, 5) is 11.0. The third-order valence-electron chi connectivity index (χ3n) is 2.81. The van der Waals surface area contributed by atoms with Crippen LogP contribution in [0.4, 0.5) is 0 Å². The first kappa shape index (κ1) is 6.35. The average Bonchev–Trinajstić information content (AvgIpc) is 1.85. The number of rotatable bonds is 0. The molecule has 2 rings (SSSR count). The third-order valence-corrected chi connectivity index (χ3v) is 2.81. The molecule has 0 bridgehead atoms. The molecule has 1 saturated carbocycles. The van der Waals surface area contributed by atoms with Gasteiger partial charge in [0.1, 0.15) is 5.78 Å². The van der Waals surface area contributed by atoms with Crippen LogP contribution in [-0.2, 0) is 4.79 Å². The van der Waals surface area contributed by atoms with E-state index < -0.39 is 0 Å². The Hall–Kier alpha value is -0.370. The van der Waals surface area contributed by atoms with E-state index in [0.717, 1.165) is 13.0 Å². The molecule has 1 N–H and O–H groups in total. The van der Waals surface area contributed by atoms with Gasteiger partial charge in [-0.15, -0.1) is 0 Å². The van der Waals surface area contributed by atoms with Gasteiger partial charge in [0, 0.05) is 13.0 Å². The fraction of sp³-hybridized carbons (Fsp3) is 0.875. The van der Waals surface area contributed by atoms with Crippen LogP contribution in [0.2, 0.25) is 0 Å². The Morgan fingerprint density at radius 3 is 2.60 bits per heavy atom. The van der Waals surface area contributed by atoms with Crippen LogP contribution in [0, 0.1) is 5.41 Å². The summed E-state index contributed by atoms with van der Waals surface area (Å²) in [5, 5.41) is 3.18. The van der Waals surface area contributed by atoms with Crippen molar-refractivity contribution in [3.05, 3.63) is 0 Å². The molecule has 1 saturated heterocycles. The molecular formula is C8H13NO. The highest BCUT2D eigenvalue weighted by Gasteiger charge is 2.40. The summed E-state index contributed by atoms with van der Waals surface area (Å²) in [7, 11) is 0. The van der Waals surface area contributed by atoms with E-state index in [0.29, 0.717) is 17.7 Å². The van der Waals surface area contributed by atoms with Crippen LogP contribution >= 0.6 is 0 Å². The number of nitrogens with one attached hydrogen (secondary N) is 1. The quantitative estimate of drug-likeness (QED) is 0.535. The van der Waals surface area contributed by atoms with Crippen LogP contribution in [0.25, 0.3) is 0 Å². The van der Waals surface area contributed by atoms with Gasteiger partial charge in [0.15, 0.2) is 0 Å². The van der Waals surface area contributed by atoms with Crippen molar-refractivity contribution in [3.8, 4) is 0 Å². The molecule has 2 heteroatoms. The molecule has 0 amide bonds. The molecule has 0 aromatic rings. The molecular weight excluding hydrogens is 126 g/mol. The van der Waals surface area contributed by atoms with Crippen molar-refractivity contribution in [3.63, 3.8) is 0 Å². The number of Topliss-reactive ketones (excluding diaryl/α,β-unsaturated/α-hetero) is 1. The summed E-state index contributed by atoms with van der Waals surface area (Å²) in [6.45, 7) is 1.69. The zero-order valence-corrected chi connectivity index (χ0v) is 6.15. The minimum Gasteiger partial charge on any atom is -0.309 e. The number of hydrogen-bond acceptors (Lipinski definition) is 2. The van der Waals surface area contributed by atoms with E-state index in [1.54, 1.807) is 0 Å². The van der Waals surface area contributed by atoms with Crippen LogP contribution in [0.5, 0.6) is 0 Å². The first-order chi connectivity index (χ1) is 4.81. The Labute approximate surface area is 61.0 Å². The lowest BCUT2D eigenvalue weighted by molar-refractivity contribution is -0.124. The smallest absolute Gasteiger partial charge is 0.147 e. The summed E-state index contributed by atoms with van der Waals surface area (Å²) in [5.41, 5.74) is 0.412. The van der Waals surface area contributed by atoms with Crippen LogP contribution in [-0.4, -0.2) is 18.9 Å². The van der Waals surface area contributed by atoms with Gasteiger partial charge >= 0.3 is 0 Å². The van der Waals surface area contributed by atoms with Crippen molar-refractivity contribution in [1.29, 1.82) is 0 Å². The number of carbonyl (C=O) groups is 1. The van der Waals surface area contributed by atoms with Crippen molar-refractivity contribution in [2.24, 2.45) is 5.41 Å². The maximum atomic E-state index is 11.0. The monoisotopic (exact) mass is 139 g/mol. The van der Waals surface area contributed by atoms with Gasteiger partial charge in [0.25, 0.3) is 0 Å². The van der Waals surface area contributed by atoms with Crippen molar-refractivity contribution in [1.82, 2.24) is 5.32 Å². The molecule has 0 atom stereocenters. The van der Waals surface area contributed by atoms with Crippen molar-refractivity contribution < 1.29 is 4.79 Å². The molecule has 0 aromatic heterocycles. The van der Waals surface area contributed by atoms with Gasteiger partial charge < -0.3 is 5.32 Å². The van der Waals surface area contributed by atoms with E-state index in [9.17, 15) is 4.79 Å². The maximum absolute atomic E-state index is 11.0. The minimum atomic E-state index is 0.408. The van der Waals surface area contributed by atoms with Crippen molar-refractivity contribution in [2.45, 2.75) is 25.7 Å². The Morgan fingerprint density at radius 1 is 1.40 bits per heavy atom. The molecule has 2 fully saturated rings. The van der Waals surface area contributed by atoms with Gasteiger partial charge in [-0.2, -0.15) is 0 Å². The summed E-state index contributed by atoms with van der Waals surface area (Å²) in [5.74, 6) is 0.408. The molecule has 0 unspecified atom stereocenters. The molecule has 2 aliphatic rings. The standard InChI is InChI=1S/C8H13NO/c10-7-4-8(2-1-3-8)6-9-5-7/h9H,1-6H2. The molecule has 10 heavy (non-hydrogen) atoms. The average molecular weight is 139 g/mol. The highest BCUT2D eigenvalue weighted by molar-refractivity contribution is 5.82. The molecule has 0 aromatic carbocycles. The van der Waals surface area contributed by atoms with Crippen molar-refractivity contribution in [2.75, 3.05) is 13.1 Å². The number of carbonyl (C=O) groups excluding carboxylic acids is 1. The Bertz CT molecular complexity index is 161. The largest absolute Gasteiger partial charge is 0.309 e. The topological polar surface area (TPSA) is 29.1 Å². The lowest BCUT2D eigenvalue weighted by Crippen LogP contribution is -2.48. The van der Waals surface area contributed by atoms with E-state index in [2.05, 4.69) is 5.32 Å². The second-order valence-corrected chi connectivity index (χ2v) is 3.67. The van der Waals surface area contributed by atoms with Gasteiger partial charge in [-0.25, -0.2) is 0 Å². The Kier molecular flexibility index (Phi) is 1.31. The summed E-state index contributed by atoms with van der Waals surface area (Å²) >= 11 is 0. The van der Waals surface area contributed by atoms with E-state index in [4.69, 9.17) is 0 Å². The summed E-state index contributed by atoms with van der Waals surface area (Å²) < 4.78 is 0. The van der Waals surface area contributed by atoms with Crippen LogP contribution in [0.15, 0.2) is 0 Å². The van der Waals surface area contributed by atoms with Crippen molar-refractivity contribution >= 4 is 5.78 Å². The molecule has 1 spiro atoms. The minimum absolute atomic E-state index is 0.408. The fourth-order valence-electron chi connectivity index (χ4n) is 2.04. The second-order valence-electron chi connectivity index (χ2n) is 3.67. The van der Waals surface area contributed by atoms with Gasteiger partial charge in [-0.05, 0) is 18.3 Å². The normalized spacial score (nSPS) is 30.2. The summed E-state index contributed by atoms with van der Waals surface area (Å²) in [6.07, 6.45) is 4.71. The summed E-state index contributed by atoms with van der Waals surface area (Å²) in [6, 6.07) is 0. The van der Waals surface area contributed by atoms with Crippen LogP contribution in [0.3, 0.4) is 0 Å². The molecule has 1 aliphatic carbocycles. The second kappa shape index (κ2) is 2.06. The van der Waals surface area contributed by atoms with Gasteiger partial charge in [0.05, 0.1) is 6.54 Å². The number of hydrogen-bond donors (Lipinski definition) is 1. The highest BCUT2D eigenvalue weighted by atomic mass is 16.1. The predicted molar refractivity (Wildman–Crippen MR) is 38.8 cm³/mol. The van der Waals surface area contributed by atoms with E-state index in [1.165, 1.54) is 19.3 Å². The van der Waals surface area contributed by atoms with Gasteiger partial charge in [0.2, 0.25) is 0 Å². The zero-order valence-electron chi connectivity index (χ0n) is 6.15. The first-order valence-electron chi connectivity index (χ1n) is 4.03. The number of piperidine rings is 1.